The number of oxime groups is 1. The van der Waals surface area contributed by atoms with Crippen LogP contribution in [0.25, 0.3) is 11.0 Å². The maximum absolute atomic E-state index is 8.81. The second-order valence-corrected chi connectivity index (χ2v) is 4.82. The van der Waals surface area contributed by atoms with Crippen molar-refractivity contribution < 1.29 is 14.4 Å². The molecule has 5 nitrogen and oxygen atoms in total. The van der Waals surface area contributed by atoms with E-state index in [0.717, 1.165) is 17.7 Å². The van der Waals surface area contributed by atoms with Gasteiger partial charge in [-0.1, -0.05) is 30.1 Å². The molecule has 1 saturated carbocycles. The monoisotopic (exact) mass is 260 g/mol. The summed E-state index contributed by atoms with van der Waals surface area (Å²) in [6.45, 7) is 0.625. The van der Waals surface area contributed by atoms with E-state index in [1.807, 2.05) is 24.3 Å². The summed E-state index contributed by atoms with van der Waals surface area (Å²) >= 11 is 0. The molecule has 0 aliphatic heterocycles. The number of amidine groups is 1. The van der Waals surface area contributed by atoms with Crippen molar-refractivity contribution in [1.82, 2.24) is 0 Å². The first-order valence-electron chi connectivity index (χ1n) is 6.42. The first-order valence-corrected chi connectivity index (χ1v) is 6.42. The van der Waals surface area contributed by atoms with Crippen molar-refractivity contribution in [1.29, 1.82) is 0 Å². The van der Waals surface area contributed by atoms with Gasteiger partial charge in [0.05, 0.1) is 12.0 Å². The van der Waals surface area contributed by atoms with Crippen LogP contribution in [-0.2, 0) is 0 Å². The molecule has 0 atom stereocenters. The lowest BCUT2D eigenvalue weighted by molar-refractivity contribution is 0.297. The number of hydrogen-bond acceptors (Lipinski definition) is 4. The topological polar surface area (TPSA) is 81.0 Å². The fraction of sp³-hybridized carbons (Fsp3) is 0.357. The molecule has 0 spiro atoms. The van der Waals surface area contributed by atoms with Gasteiger partial charge < -0.3 is 20.1 Å². The zero-order valence-corrected chi connectivity index (χ0v) is 10.5. The molecule has 19 heavy (non-hydrogen) atoms. The SMILES string of the molecule is N/C(=N/O)c1oc2ccccc2c1OCCC1CC1. The third-order valence-electron chi connectivity index (χ3n) is 3.36. The number of para-hydroxylation sites is 1. The molecule has 0 radical (unpaired) electrons. The zero-order valence-electron chi connectivity index (χ0n) is 10.5. The Balaban J connectivity index is 1.92. The van der Waals surface area contributed by atoms with Gasteiger partial charge in [0, 0.05) is 0 Å². The fourth-order valence-corrected chi connectivity index (χ4v) is 2.11. The third-order valence-corrected chi connectivity index (χ3v) is 3.36. The van der Waals surface area contributed by atoms with Crippen molar-refractivity contribution in [2.45, 2.75) is 19.3 Å². The van der Waals surface area contributed by atoms with E-state index in [0.29, 0.717) is 23.7 Å². The van der Waals surface area contributed by atoms with E-state index in [2.05, 4.69) is 5.16 Å². The lowest BCUT2D eigenvalue weighted by atomic mass is 10.2. The van der Waals surface area contributed by atoms with Crippen molar-refractivity contribution in [3.8, 4) is 5.75 Å². The third kappa shape index (κ3) is 2.36. The standard InChI is InChI=1S/C14H16N2O3/c15-14(16-17)13-12(18-8-7-9-5-6-9)10-3-1-2-4-11(10)19-13/h1-4,9,17H,5-8H2,(H2,15,16). The van der Waals surface area contributed by atoms with Crippen LogP contribution in [0.3, 0.4) is 0 Å². The average molecular weight is 260 g/mol. The molecule has 1 aliphatic rings. The first-order chi connectivity index (χ1) is 9.29. The van der Waals surface area contributed by atoms with Gasteiger partial charge in [-0.25, -0.2) is 0 Å². The van der Waals surface area contributed by atoms with Gasteiger partial charge in [-0.05, 0) is 24.5 Å². The van der Waals surface area contributed by atoms with Crippen molar-refractivity contribution in [3.05, 3.63) is 30.0 Å². The minimum absolute atomic E-state index is 0.0716. The van der Waals surface area contributed by atoms with Crippen molar-refractivity contribution in [2.75, 3.05) is 6.61 Å². The molecule has 3 N–H and O–H groups in total. The highest BCUT2D eigenvalue weighted by atomic mass is 16.5. The normalized spacial score (nSPS) is 15.9. The molecule has 2 aromatic rings. The van der Waals surface area contributed by atoms with E-state index in [4.69, 9.17) is 20.1 Å². The number of furan rings is 1. The summed E-state index contributed by atoms with van der Waals surface area (Å²) in [6, 6.07) is 7.51. The lowest BCUT2D eigenvalue weighted by Crippen LogP contribution is -2.13. The number of hydrogen-bond donors (Lipinski definition) is 2. The van der Waals surface area contributed by atoms with E-state index in [-0.39, 0.29) is 5.84 Å². The van der Waals surface area contributed by atoms with Crippen LogP contribution in [0.4, 0.5) is 0 Å². The summed E-state index contributed by atoms with van der Waals surface area (Å²) in [6.07, 6.45) is 3.63. The van der Waals surface area contributed by atoms with Crippen LogP contribution >= 0.6 is 0 Å². The molecular weight excluding hydrogens is 244 g/mol. The van der Waals surface area contributed by atoms with Crippen molar-refractivity contribution in [2.24, 2.45) is 16.8 Å². The number of benzene rings is 1. The van der Waals surface area contributed by atoms with E-state index in [9.17, 15) is 0 Å². The second-order valence-electron chi connectivity index (χ2n) is 4.82. The van der Waals surface area contributed by atoms with Gasteiger partial charge in [-0.2, -0.15) is 0 Å². The van der Waals surface area contributed by atoms with Crippen LogP contribution in [0, 0.1) is 5.92 Å². The molecule has 1 aromatic carbocycles. The molecule has 3 rings (SSSR count). The minimum atomic E-state index is -0.0716. The molecule has 0 saturated heterocycles. The maximum Gasteiger partial charge on any atom is 0.215 e. The van der Waals surface area contributed by atoms with Crippen LogP contribution in [-0.4, -0.2) is 17.6 Å². The Morgan fingerprint density at radius 2 is 2.21 bits per heavy atom. The summed E-state index contributed by atoms with van der Waals surface area (Å²) in [5.74, 6) is 1.58. The van der Waals surface area contributed by atoms with Crippen LogP contribution < -0.4 is 10.5 Å². The minimum Gasteiger partial charge on any atom is -0.489 e. The smallest absolute Gasteiger partial charge is 0.215 e. The predicted octanol–water partition coefficient (Wildman–Crippen LogP) is 2.71. The molecule has 1 aromatic heterocycles. The molecular formula is C14H16N2O3. The van der Waals surface area contributed by atoms with Crippen molar-refractivity contribution in [3.63, 3.8) is 0 Å². The second kappa shape index (κ2) is 4.84. The lowest BCUT2D eigenvalue weighted by Gasteiger charge is -2.05. The molecule has 1 fully saturated rings. The highest BCUT2D eigenvalue weighted by molar-refractivity contribution is 6.03. The highest BCUT2D eigenvalue weighted by Crippen LogP contribution is 2.35. The van der Waals surface area contributed by atoms with Crippen LogP contribution in [0.1, 0.15) is 25.0 Å². The Bertz CT molecular complexity index is 614. The van der Waals surface area contributed by atoms with Gasteiger partial charge in [0.1, 0.15) is 5.58 Å². The molecule has 1 heterocycles. The highest BCUT2D eigenvalue weighted by Gasteiger charge is 2.23. The van der Waals surface area contributed by atoms with Crippen LogP contribution in [0.15, 0.2) is 33.8 Å². The molecule has 0 unspecified atom stereocenters. The van der Waals surface area contributed by atoms with E-state index in [1.54, 1.807) is 0 Å². The van der Waals surface area contributed by atoms with Crippen LogP contribution in [0.2, 0.25) is 0 Å². The average Bonchev–Trinajstić information content (AvgIpc) is 3.19. The molecule has 0 bridgehead atoms. The quantitative estimate of drug-likeness (QED) is 0.375. The Hall–Kier alpha value is -2.17. The van der Waals surface area contributed by atoms with Gasteiger partial charge >= 0.3 is 0 Å². The maximum atomic E-state index is 8.81. The molecule has 0 amide bonds. The summed E-state index contributed by atoms with van der Waals surface area (Å²) < 4.78 is 11.4. The number of nitrogens with zero attached hydrogens (tertiary/aromatic N) is 1. The van der Waals surface area contributed by atoms with Crippen molar-refractivity contribution >= 4 is 16.8 Å². The largest absolute Gasteiger partial charge is 0.489 e. The van der Waals surface area contributed by atoms with Gasteiger partial charge in [0.15, 0.2) is 5.75 Å². The van der Waals surface area contributed by atoms with Gasteiger partial charge in [-0.15, -0.1) is 0 Å². The summed E-state index contributed by atoms with van der Waals surface area (Å²) in [5.41, 5.74) is 6.30. The Kier molecular flexibility index (Phi) is 3.03. The first kappa shape index (κ1) is 11.9. The zero-order chi connectivity index (χ0) is 13.2. The number of fused-ring (bicyclic) bond motifs is 1. The van der Waals surface area contributed by atoms with Gasteiger partial charge in [-0.3, -0.25) is 0 Å². The van der Waals surface area contributed by atoms with E-state index >= 15 is 0 Å². The Morgan fingerprint density at radius 3 is 2.95 bits per heavy atom. The molecule has 100 valence electrons. The molecule has 5 heteroatoms. The van der Waals surface area contributed by atoms with E-state index < -0.39 is 0 Å². The van der Waals surface area contributed by atoms with Gasteiger partial charge in [0.25, 0.3) is 0 Å². The van der Waals surface area contributed by atoms with Gasteiger partial charge in [0.2, 0.25) is 11.6 Å². The van der Waals surface area contributed by atoms with E-state index in [1.165, 1.54) is 12.8 Å². The number of ether oxygens (including phenoxy) is 1. The predicted molar refractivity (Wildman–Crippen MR) is 71.6 cm³/mol. The van der Waals surface area contributed by atoms with Crippen LogP contribution in [0.5, 0.6) is 5.75 Å². The Morgan fingerprint density at radius 1 is 1.42 bits per heavy atom. The summed E-state index contributed by atoms with van der Waals surface area (Å²) in [7, 11) is 0. The summed E-state index contributed by atoms with van der Waals surface area (Å²) in [5, 5.41) is 12.6. The molecule has 1 aliphatic carbocycles. The Labute approximate surface area is 110 Å². The number of nitrogens with two attached hydrogens (primary N) is 1. The number of rotatable bonds is 5. The fourth-order valence-electron chi connectivity index (χ4n) is 2.11. The summed E-state index contributed by atoms with van der Waals surface area (Å²) in [4.78, 5) is 0.